The third kappa shape index (κ3) is 2.09. The molecule has 2 aromatic rings. The molecule has 16 heavy (non-hydrogen) atoms. The number of furan rings is 1. The van der Waals surface area contributed by atoms with Crippen LogP contribution in [0.25, 0.3) is 11.6 Å². The van der Waals surface area contributed by atoms with Crippen LogP contribution in [-0.4, -0.2) is 15.1 Å². The number of hydrogen-bond donors (Lipinski definition) is 2. The summed E-state index contributed by atoms with van der Waals surface area (Å²) in [4.78, 5) is 17.6. The first kappa shape index (κ1) is 11.9. The van der Waals surface area contributed by atoms with Crippen LogP contribution in [0.5, 0.6) is 5.88 Å². The second-order valence-electron chi connectivity index (χ2n) is 2.78. The van der Waals surface area contributed by atoms with E-state index in [4.69, 9.17) is 4.42 Å². The van der Waals surface area contributed by atoms with E-state index in [1.54, 1.807) is 6.07 Å². The van der Waals surface area contributed by atoms with E-state index in [1.807, 2.05) is 0 Å². The predicted octanol–water partition coefficient (Wildman–Crippen LogP) is 3.02. The minimum Gasteiger partial charge on any atom is -0.492 e. The van der Waals surface area contributed by atoms with Crippen molar-refractivity contribution in [1.29, 1.82) is 0 Å². The first-order valence-electron chi connectivity index (χ1n) is 3.93. The van der Waals surface area contributed by atoms with Gasteiger partial charge in [0.1, 0.15) is 4.47 Å². The molecular formula is C8H3Br3N2O3. The van der Waals surface area contributed by atoms with Crippen LogP contribution in [-0.2, 0) is 0 Å². The number of aromatic nitrogens is 2. The van der Waals surface area contributed by atoms with Gasteiger partial charge in [0.25, 0.3) is 5.56 Å². The van der Waals surface area contributed by atoms with Crippen LogP contribution in [0.15, 0.2) is 28.9 Å². The Morgan fingerprint density at radius 2 is 2.06 bits per heavy atom. The molecule has 0 bridgehead atoms. The van der Waals surface area contributed by atoms with E-state index in [-0.39, 0.29) is 16.2 Å². The molecule has 2 heterocycles. The van der Waals surface area contributed by atoms with Gasteiger partial charge in [-0.05, 0) is 47.8 Å². The van der Waals surface area contributed by atoms with Gasteiger partial charge >= 0.3 is 0 Å². The molecule has 0 aliphatic heterocycles. The Labute approximate surface area is 114 Å². The van der Waals surface area contributed by atoms with Crippen LogP contribution >= 0.6 is 47.8 Å². The summed E-state index contributed by atoms with van der Waals surface area (Å²) >= 11 is 9.29. The van der Waals surface area contributed by atoms with Crippen molar-refractivity contribution in [1.82, 2.24) is 9.97 Å². The Bertz CT molecular complexity index is 586. The largest absolute Gasteiger partial charge is 0.492 e. The van der Waals surface area contributed by atoms with Crippen LogP contribution in [0.4, 0.5) is 0 Å². The quantitative estimate of drug-likeness (QED) is 0.751. The molecule has 0 aliphatic rings. The molecule has 0 aromatic carbocycles. The van der Waals surface area contributed by atoms with E-state index >= 15 is 0 Å². The van der Waals surface area contributed by atoms with Crippen LogP contribution < -0.4 is 5.56 Å². The number of hydrogen-bond acceptors (Lipinski definition) is 4. The van der Waals surface area contributed by atoms with Crippen molar-refractivity contribution in [2.45, 2.75) is 0 Å². The van der Waals surface area contributed by atoms with Crippen molar-refractivity contribution >= 4 is 47.8 Å². The fourth-order valence-electron chi connectivity index (χ4n) is 1.03. The Kier molecular flexibility index (Phi) is 3.22. The van der Waals surface area contributed by atoms with Crippen molar-refractivity contribution in [2.75, 3.05) is 0 Å². The SMILES string of the molecule is O=c1[nH]c(-c2cc(Br)c(Br)o2)nc(O)c1Br. The number of nitrogens with zero attached hydrogens (tertiary/aromatic N) is 1. The van der Waals surface area contributed by atoms with Gasteiger partial charge in [-0.25, -0.2) is 0 Å². The average molecular weight is 415 g/mol. The summed E-state index contributed by atoms with van der Waals surface area (Å²) in [5.74, 6) is 0.0955. The van der Waals surface area contributed by atoms with Crippen LogP contribution in [0.3, 0.4) is 0 Å². The van der Waals surface area contributed by atoms with Gasteiger partial charge in [0.05, 0.1) is 4.47 Å². The Hall–Kier alpha value is -0.600. The lowest BCUT2D eigenvalue weighted by Crippen LogP contribution is -2.09. The molecule has 0 unspecified atom stereocenters. The van der Waals surface area contributed by atoms with Crippen LogP contribution in [0.1, 0.15) is 0 Å². The zero-order valence-corrected chi connectivity index (χ0v) is 12.2. The maximum absolute atomic E-state index is 11.4. The van der Waals surface area contributed by atoms with Gasteiger partial charge in [-0.2, -0.15) is 4.98 Å². The standard InChI is InChI=1S/C8H3Br3N2O3/c9-2-1-3(16-5(2)11)6-12-7(14)4(10)8(15)13-6/h1H,(H2,12,13,14,15). The molecule has 5 nitrogen and oxygen atoms in total. The lowest BCUT2D eigenvalue weighted by atomic mass is 10.4. The summed E-state index contributed by atoms with van der Waals surface area (Å²) in [6.45, 7) is 0. The van der Waals surface area contributed by atoms with Crippen molar-refractivity contribution in [3.63, 3.8) is 0 Å². The molecule has 2 N–H and O–H groups in total. The first-order chi connectivity index (χ1) is 7.49. The maximum Gasteiger partial charge on any atom is 0.269 e. The topological polar surface area (TPSA) is 79.1 Å². The lowest BCUT2D eigenvalue weighted by molar-refractivity contribution is 0.446. The first-order valence-corrected chi connectivity index (χ1v) is 6.31. The highest BCUT2D eigenvalue weighted by molar-refractivity contribution is 9.13. The van der Waals surface area contributed by atoms with Gasteiger partial charge in [-0.1, -0.05) is 0 Å². The molecule has 0 fully saturated rings. The molecule has 84 valence electrons. The molecule has 2 aromatic heterocycles. The van der Waals surface area contributed by atoms with E-state index < -0.39 is 5.56 Å². The fraction of sp³-hybridized carbons (Fsp3) is 0. The van der Waals surface area contributed by atoms with Gasteiger partial charge in [-0.3, -0.25) is 4.79 Å². The van der Waals surface area contributed by atoms with Crippen molar-refractivity contribution < 1.29 is 9.52 Å². The summed E-state index contributed by atoms with van der Waals surface area (Å²) < 4.78 is 6.41. The van der Waals surface area contributed by atoms with Crippen molar-refractivity contribution in [3.05, 3.63) is 30.0 Å². The van der Waals surface area contributed by atoms with E-state index in [2.05, 4.69) is 57.8 Å². The van der Waals surface area contributed by atoms with E-state index in [9.17, 15) is 9.90 Å². The Morgan fingerprint density at radius 3 is 2.56 bits per heavy atom. The minimum absolute atomic E-state index is 0.0130. The molecule has 0 atom stereocenters. The molecule has 0 amide bonds. The minimum atomic E-state index is -0.480. The monoisotopic (exact) mass is 412 g/mol. The van der Waals surface area contributed by atoms with E-state index in [0.717, 1.165) is 0 Å². The van der Waals surface area contributed by atoms with Crippen LogP contribution in [0.2, 0.25) is 0 Å². The molecule has 0 saturated carbocycles. The van der Waals surface area contributed by atoms with Gasteiger partial charge in [0.2, 0.25) is 5.88 Å². The Morgan fingerprint density at radius 1 is 1.38 bits per heavy atom. The second kappa shape index (κ2) is 4.34. The normalized spacial score (nSPS) is 10.7. The van der Waals surface area contributed by atoms with Crippen LogP contribution in [0, 0.1) is 0 Å². The summed E-state index contributed by atoms with van der Waals surface area (Å²) in [7, 11) is 0. The van der Waals surface area contributed by atoms with Gasteiger partial charge in [0, 0.05) is 6.07 Å². The Balaban J connectivity index is 2.61. The number of aromatic hydroxyl groups is 1. The fourth-order valence-corrected chi connectivity index (χ4v) is 1.79. The number of nitrogens with one attached hydrogen (secondary N) is 1. The predicted molar refractivity (Wildman–Crippen MR) is 67.3 cm³/mol. The number of H-pyrrole nitrogens is 1. The molecule has 2 rings (SSSR count). The number of aromatic amines is 1. The van der Waals surface area contributed by atoms with Gasteiger partial charge < -0.3 is 14.5 Å². The van der Waals surface area contributed by atoms with Crippen molar-refractivity contribution in [3.8, 4) is 17.5 Å². The summed E-state index contributed by atoms with van der Waals surface area (Å²) in [5.41, 5.74) is -0.480. The highest BCUT2D eigenvalue weighted by Gasteiger charge is 2.14. The molecule has 0 radical (unpaired) electrons. The third-order valence-corrected chi connectivity index (χ3v) is 4.15. The molecular weight excluding hydrogens is 412 g/mol. The smallest absolute Gasteiger partial charge is 0.269 e. The zero-order chi connectivity index (χ0) is 11.9. The van der Waals surface area contributed by atoms with Gasteiger partial charge in [-0.15, -0.1) is 0 Å². The summed E-state index contributed by atoms with van der Waals surface area (Å²) in [6, 6.07) is 1.62. The van der Waals surface area contributed by atoms with Gasteiger partial charge in [0.15, 0.2) is 16.3 Å². The third-order valence-electron chi connectivity index (χ3n) is 1.72. The molecule has 8 heteroatoms. The number of halogens is 3. The van der Waals surface area contributed by atoms with E-state index in [1.165, 1.54) is 0 Å². The second-order valence-corrected chi connectivity index (χ2v) is 5.15. The summed E-state index contributed by atoms with van der Waals surface area (Å²) in [5, 5.41) is 9.38. The molecule has 0 aliphatic carbocycles. The number of rotatable bonds is 1. The molecule has 0 saturated heterocycles. The highest BCUT2D eigenvalue weighted by atomic mass is 79.9. The zero-order valence-electron chi connectivity index (χ0n) is 7.42. The highest BCUT2D eigenvalue weighted by Crippen LogP contribution is 2.31. The summed E-state index contributed by atoms with van der Waals surface area (Å²) in [6.07, 6.45) is 0. The maximum atomic E-state index is 11.4. The molecule has 0 spiro atoms. The van der Waals surface area contributed by atoms with E-state index in [0.29, 0.717) is 14.9 Å². The van der Waals surface area contributed by atoms with Crippen molar-refractivity contribution in [2.24, 2.45) is 0 Å². The lowest BCUT2D eigenvalue weighted by Gasteiger charge is -1.98. The average Bonchev–Trinajstić information content (AvgIpc) is 2.55.